The second-order valence-electron chi connectivity index (χ2n) is 3.42. The van der Waals surface area contributed by atoms with Crippen LogP contribution in [0.5, 0.6) is 0 Å². The summed E-state index contributed by atoms with van der Waals surface area (Å²) in [5, 5.41) is 7.22. The van der Waals surface area contributed by atoms with Gasteiger partial charge in [-0.1, -0.05) is 0 Å². The number of carbonyl (C=O) groups is 1. The molecule has 0 rings (SSSR count). The summed E-state index contributed by atoms with van der Waals surface area (Å²) in [4.78, 5) is 12.9. The Morgan fingerprint density at radius 2 is 2.00 bits per heavy atom. The molecule has 0 heterocycles. The van der Waals surface area contributed by atoms with Crippen molar-refractivity contribution in [3.8, 4) is 0 Å². The molecular formula is C9H18N4OS. The third kappa shape index (κ3) is 8.02. The number of ketones is 1. The molecule has 2 N–H and O–H groups in total. The minimum absolute atomic E-state index is 0.0707. The largest absolute Gasteiger partial charge is 0.360 e. The molecule has 0 aromatic carbocycles. The fourth-order valence-corrected chi connectivity index (χ4v) is 0.794. The summed E-state index contributed by atoms with van der Waals surface area (Å²) in [7, 11) is 3.96. The fourth-order valence-electron chi connectivity index (χ4n) is 0.646. The van der Waals surface area contributed by atoms with Crippen LogP contribution in [0, 0.1) is 0 Å². The van der Waals surface area contributed by atoms with Gasteiger partial charge in [0.15, 0.2) is 10.9 Å². The maximum Gasteiger partial charge on any atom is 0.187 e. The van der Waals surface area contributed by atoms with Gasteiger partial charge in [0.05, 0.1) is 0 Å². The van der Waals surface area contributed by atoms with Gasteiger partial charge in [-0.2, -0.15) is 5.10 Å². The lowest BCUT2D eigenvalue weighted by Crippen LogP contribution is -2.37. The van der Waals surface area contributed by atoms with Crippen molar-refractivity contribution in [2.75, 3.05) is 27.2 Å². The van der Waals surface area contributed by atoms with Crippen LogP contribution in [0.3, 0.4) is 0 Å². The van der Waals surface area contributed by atoms with Gasteiger partial charge in [-0.15, -0.1) is 0 Å². The molecule has 0 radical (unpaired) electrons. The van der Waals surface area contributed by atoms with Gasteiger partial charge in [-0.05, 0) is 33.2 Å². The quantitative estimate of drug-likeness (QED) is 0.395. The van der Waals surface area contributed by atoms with Crippen molar-refractivity contribution in [2.24, 2.45) is 5.10 Å². The summed E-state index contributed by atoms with van der Waals surface area (Å²) in [5.41, 5.74) is 3.02. The molecule has 5 nitrogen and oxygen atoms in total. The maximum absolute atomic E-state index is 10.8. The number of likely N-dealkylation sites (N-methyl/N-ethyl adjacent to an activating group) is 1. The van der Waals surface area contributed by atoms with Crippen LogP contribution in [-0.4, -0.2) is 48.7 Å². The van der Waals surface area contributed by atoms with Crippen LogP contribution in [0.25, 0.3) is 0 Å². The van der Waals surface area contributed by atoms with E-state index in [2.05, 4.69) is 15.8 Å². The summed E-state index contributed by atoms with van der Waals surface area (Å²) in [6.45, 7) is 4.73. The van der Waals surface area contributed by atoms with Gasteiger partial charge >= 0.3 is 0 Å². The SMILES string of the molecule is CC(=O)/C(C)=N/NC(=S)NCCN(C)C. The van der Waals surface area contributed by atoms with E-state index < -0.39 is 0 Å². The normalized spacial score (nSPS) is 11.4. The van der Waals surface area contributed by atoms with Crippen LogP contribution in [0.2, 0.25) is 0 Å². The smallest absolute Gasteiger partial charge is 0.187 e. The average Bonchev–Trinajstić information content (AvgIpc) is 2.13. The second kappa shape index (κ2) is 7.30. The highest BCUT2D eigenvalue weighted by Gasteiger charge is 1.98. The zero-order valence-electron chi connectivity index (χ0n) is 9.63. The highest BCUT2D eigenvalue weighted by Crippen LogP contribution is 1.78. The van der Waals surface area contributed by atoms with Crippen molar-refractivity contribution >= 4 is 28.8 Å². The van der Waals surface area contributed by atoms with Crippen LogP contribution in [-0.2, 0) is 4.79 Å². The van der Waals surface area contributed by atoms with Crippen molar-refractivity contribution < 1.29 is 4.79 Å². The number of thiocarbonyl (C=S) groups is 1. The van der Waals surface area contributed by atoms with E-state index in [-0.39, 0.29) is 5.78 Å². The third-order valence-corrected chi connectivity index (χ3v) is 1.91. The number of nitrogens with one attached hydrogen (secondary N) is 2. The fraction of sp³-hybridized carbons (Fsp3) is 0.667. The number of rotatable bonds is 5. The number of carbonyl (C=O) groups excluding carboxylic acids is 1. The number of hydrazone groups is 1. The first kappa shape index (κ1) is 14.0. The van der Waals surface area contributed by atoms with Gasteiger partial charge in [0.2, 0.25) is 0 Å². The molecule has 0 spiro atoms. The highest BCUT2D eigenvalue weighted by molar-refractivity contribution is 7.80. The minimum Gasteiger partial charge on any atom is -0.360 e. The van der Waals surface area contributed by atoms with Gasteiger partial charge < -0.3 is 10.2 Å². The van der Waals surface area contributed by atoms with E-state index in [0.29, 0.717) is 10.8 Å². The summed E-state index contributed by atoms with van der Waals surface area (Å²) in [6, 6.07) is 0. The molecule has 0 amide bonds. The summed E-state index contributed by atoms with van der Waals surface area (Å²) in [6.07, 6.45) is 0. The van der Waals surface area contributed by atoms with E-state index in [1.807, 2.05) is 19.0 Å². The lowest BCUT2D eigenvalue weighted by atomic mass is 10.3. The first-order valence-corrected chi connectivity index (χ1v) is 5.08. The number of hydrogen-bond donors (Lipinski definition) is 2. The third-order valence-electron chi connectivity index (χ3n) is 1.68. The second-order valence-corrected chi connectivity index (χ2v) is 3.83. The summed E-state index contributed by atoms with van der Waals surface area (Å²) < 4.78 is 0. The molecule has 0 aliphatic rings. The summed E-state index contributed by atoms with van der Waals surface area (Å²) >= 11 is 4.95. The molecule has 0 aromatic heterocycles. The Morgan fingerprint density at radius 3 is 2.47 bits per heavy atom. The van der Waals surface area contributed by atoms with Gasteiger partial charge in [0.25, 0.3) is 0 Å². The Labute approximate surface area is 95.9 Å². The first-order chi connectivity index (χ1) is 6.93. The minimum atomic E-state index is -0.0707. The zero-order chi connectivity index (χ0) is 11.8. The molecule has 15 heavy (non-hydrogen) atoms. The van der Waals surface area contributed by atoms with E-state index in [4.69, 9.17) is 12.2 Å². The molecule has 0 aliphatic carbocycles. The average molecular weight is 230 g/mol. The van der Waals surface area contributed by atoms with Crippen molar-refractivity contribution in [3.05, 3.63) is 0 Å². The molecule has 0 unspecified atom stereocenters. The Kier molecular flexibility index (Phi) is 6.81. The van der Waals surface area contributed by atoms with Gasteiger partial charge in [0.1, 0.15) is 5.71 Å². The van der Waals surface area contributed by atoms with Crippen LogP contribution < -0.4 is 10.7 Å². The Hall–Kier alpha value is -1.01. The Balaban J connectivity index is 3.76. The molecule has 0 atom stereocenters. The van der Waals surface area contributed by atoms with Gasteiger partial charge in [-0.3, -0.25) is 10.2 Å². The van der Waals surface area contributed by atoms with E-state index in [1.165, 1.54) is 6.92 Å². The van der Waals surface area contributed by atoms with Crippen LogP contribution in [0.4, 0.5) is 0 Å². The number of hydrogen-bond acceptors (Lipinski definition) is 4. The molecule has 0 aromatic rings. The van der Waals surface area contributed by atoms with Crippen LogP contribution in [0.15, 0.2) is 5.10 Å². The van der Waals surface area contributed by atoms with Gasteiger partial charge in [-0.25, -0.2) is 0 Å². The standard InChI is InChI=1S/C9H18N4OS/c1-7(8(2)14)11-12-9(15)10-5-6-13(3)4/h5-6H2,1-4H3,(H2,10,12,15)/b11-7+. The Bertz CT molecular complexity index is 263. The number of nitrogens with zero attached hydrogens (tertiary/aromatic N) is 2. The molecule has 0 aliphatic heterocycles. The topological polar surface area (TPSA) is 56.7 Å². The van der Waals surface area contributed by atoms with Crippen molar-refractivity contribution in [1.29, 1.82) is 0 Å². The van der Waals surface area contributed by atoms with Crippen LogP contribution >= 0.6 is 12.2 Å². The summed E-state index contributed by atoms with van der Waals surface area (Å²) in [5.74, 6) is -0.0707. The Morgan fingerprint density at radius 1 is 1.40 bits per heavy atom. The van der Waals surface area contributed by atoms with Crippen molar-refractivity contribution in [3.63, 3.8) is 0 Å². The monoisotopic (exact) mass is 230 g/mol. The molecule has 86 valence electrons. The lowest BCUT2D eigenvalue weighted by Gasteiger charge is -2.11. The molecule has 0 saturated carbocycles. The van der Waals surface area contributed by atoms with Gasteiger partial charge in [0, 0.05) is 20.0 Å². The molecule has 0 bridgehead atoms. The predicted molar refractivity (Wildman–Crippen MR) is 66.1 cm³/mol. The lowest BCUT2D eigenvalue weighted by molar-refractivity contribution is -0.111. The zero-order valence-corrected chi connectivity index (χ0v) is 10.4. The van der Waals surface area contributed by atoms with E-state index in [1.54, 1.807) is 6.92 Å². The van der Waals surface area contributed by atoms with Crippen molar-refractivity contribution in [2.45, 2.75) is 13.8 Å². The van der Waals surface area contributed by atoms with Crippen LogP contribution in [0.1, 0.15) is 13.8 Å². The predicted octanol–water partition coefficient (Wildman–Crippen LogP) is -0.0230. The maximum atomic E-state index is 10.8. The molecule has 0 saturated heterocycles. The van der Waals surface area contributed by atoms with E-state index >= 15 is 0 Å². The molecule has 6 heteroatoms. The number of Topliss-reactive ketones (excluding diaryl/α,β-unsaturated/α-hetero) is 1. The molecular weight excluding hydrogens is 212 g/mol. The van der Waals surface area contributed by atoms with E-state index in [0.717, 1.165) is 13.1 Å². The highest BCUT2D eigenvalue weighted by atomic mass is 32.1. The van der Waals surface area contributed by atoms with E-state index in [9.17, 15) is 4.79 Å². The van der Waals surface area contributed by atoms with Crippen molar-refractivity contribution in [1.82, 2.24) is 15.6 Å². The first-order valence-electron chi connectivity index (χ1n) is 4.67. The molecule has 0 fully saturated rings.